The molecule has 7 aromatic carbocycles. The number of hydrogen-bond donors (Lipinski definition) is 0. The molecule has 11 rings (SSSR count). The maximum Gasteiger partial charge on any atom is 0.238 e. The lowest BCUT2D eigenvalue weighted by Gasteiger charge is -2.19. The minimum absolute atomic E-state index is 0.0430. The Balaban J connectivity index is 1.23. The minimum atomic E-state index is -0.0430. The third-order valence-corrected chi connectivity index (χ3v) is 12.1. The van der Waals surface area contributed by atoms with Crippen LogP contribution in [0, 0.1) is 6.57 Å². The summed E-state index contributed by atoms with van der Waals surface area (Å²) in [6.45, 7) is 21.7. The van der Waals surface area contributed by atoms with E-state index in [9.17, 15) is 0 Å². The Kier molecular flexibility index (Phi) is 7.92. The molecule has 4 aromatic heterocycles. The highest BCUT2D eigenvalue weighted by Gasteiger charge is 2.25. The fraction of sp³-hybridized carbons (Fsp3) is 0.148. The topological polar surface area (TPSA) is 66.0 Å². The lowest BCUT2D eigenvalue weighted by molar-refractivity contribution is 0.590. The van der Waals surface area contributed by atoms with Crippen molar-refractivity contribution in [2.24, 2.45) is 0 Å². The largest absolute Gasteiger partial charge is 0.456 e. The molecule has 11 aromatic rings. The molecule has 0 atom stereocenters. The molecule has 0 N–H and O–H groups in total. The van der Waals surface area contributed by atoms with Crippen molar-refractivity contribution in [2.45, 2.75) is 52.4 Å². The smallest absolute Gasteiger partial charge is 0.238 e. The van der Waals surface area contributed by atoms with Gasteiger partial charge in [0.05, 0.1) is 34.3 Å². The predicted octanol–water partition coefficient (Wildman–Crippen LogP) is 14.4. The van der Waals surface area contributed by atoms with Crippen LogP contribution in [-0.2, 0) is 10.8 Å². The van der Waals surface area contributed by atoms with E-state index in [-0.39, 0.29) is 10.8 Å². The third kappa shape index (κ3) is 5.74. The van der Waals surface area contributed by atoms with Crippen molar-refractivity contribution in [3.8, 4) is 34.4 Å². The fourth-order valence-electron chi connectivity index (χ4n) is 8.97. The Morgan fingerprint density at radius 1 is 0.492 bits per heavy atom. The second kappa shape index (κ2) is 13.2. The Labute approximate surface area is 353 Å². The highest BCUT2D eigenvalue weighted by molar-refractivity contribution is 6.27. The van der Waals surface area contributed by atoms with Crippen LogP contribution in [0.1, 0.15) is 52.7 Å². The first-order valence-electron chi connectivity index (χ1n) is 20.7. The number of rotatable bonds is 4. The molecule has 0 aliphatic heterocycles. The van der Waals surface area contributed by atoms with Crippen molar-refractivity contribution in [1.82, 2.24) is 24.1 Å². The van der Waals surface area contributed by atoms with Gasteiger partial charge < -0.3 is 8.98 Å². The lowest BCUT2D eigenvalue weighted by Crippen LogP contribution is -2.11. The van der Waals surface area contributed by atoms with E-state index < -0.39 is 0 Å². The van der Waals surface area contributed by atoms with E-state index in [2.05, 4.69) is 140 Å². The summed E-state index contributed by atoms with van der Waals surface area (Å²) in [7, 11) is 0. The number of benzene rings is 7. The average molecular weight is 791 g/mol. The molecule has 7 heteroatoms. The van der Waals surface area contributed by atoms with E-state index in [1.165, 1.54) is 11.1 Å². The van der Waals surface area contributed by atoms with Gasteiger partial charge in [-0.25, -0.2) is 9.83 Å². The fourth-order valence-corrected chi connectivity index (χ4v) is 8.97. The molecule has 0 bridgehead atoms. The number of nitrogens with zero attached hydrogens (tertiary/aromatic N) is 6. The van der Waals surface area contributed by atoms with E-state index in [1.807, 2.05) is 60.7 Å². The zero-order valence-corrected chi connectivity index (χ0v) is 34.9. The van der Waals surface area contributed by atoms with Crippen LogP contribution in [0.4, 0.5) is 5.69 Å². The van der Waals surface area contributed by atoms with Gasteiger partial charge in [0.2, 0.25) is 5.95 Å². The first-order valence-corrected chi connectivity index (χ1v) is 20.7. The van der Waals surface area contributed by atoms with Gasteiger partial charge in [-0.15, -0.1) is 0 Å². The van der Waals surface area contributed by atoms with Crippen molar-refractivity contribution < 1.29 is 4.42 Å². The van der Waals surface area contributed by atoms with Gasteiger partial charge in [-0.05, 0) is 82.6 Å². The van der Waals surface area contributed by atoms with Crippen molar-refractivity contribution >= 4 is 71.2 Å². The first-order chi connectivity index (χ1) is 29.5. The Hall–Kier alpha value is -7.56. The Morgan fingerprint density at radius 2 is 1.10 bits per heavy atom. The minimum Gasteiger partial charge on any atom is -0.456 e. The van der Waals surface area contributed by atoms with E-state index in [4.69, 9.17) is 25.9 Å². The number of hydrogen-bond acceptors (Lipinski definition) is 4. The van der Waals surface area contributed by atoms with Crippen LogP contribution in [0.15, 0.2) is 150 Å². The monoisotopic (exact) mass is 790 g/mol. The molecule has 0 fully saturated rings. The molecule has 7 nitrogen and oxygen atoms in total. The molecule has 0 saturated carbocycles. The van der Waals surface area contributed by atoms with E-state index in [0.29, 0.717) is 23.3 Å². The SMILES string of the molecule is [C-]#[N+]c1ccc(-n2c3ccccc3c3c4c(ccc32)oc2ccccc24)c(-c2nc(-c3ccccc3)nc(-n3c4ccc(C(C)(C)C)cc4c4cc(C(C)(C)C)ccc43)n2)c1. The molecular formula is C54H42N6O. The van der Waals surface area contributed by atoms with Gasteiger partial charge in [-0.2, -0.15) is 9.97 Å². The maximum absolute atomic E-state index is 8.15. The van der Waals surface area contributed by atoms with Gasteiger partial charge >= 0.3 is 0 Å². The summed E-state index contributed by atoms with van der Waals surface area (Å²) in [4.78, 5) is 19.9. The normalized spacial score (nSPS) is 12.4. The predicted molar refractivity (Wildman–Crippen MR) is 250 cm³/mol. The molecule has 0 saturated heterocycles. The van der Waals surface area contributed by atoms with Gasteiger partial charge in [0.1, 0.15) is 11.2 Å². The van der Waals surface area contributed by atoms with E-state index in [0.717, 1.165) is 82.4 Å². The lowest BCUT2D eigenvalue weighted by atomic mass is 9.85. The molecular weight excluding hydrogens is 749 g/mol. The second-order valence-electron chi connectivity index (χ2n) is 18.0. The average Bonchev–Trinajstić information content (AvgIpc) is 3.93. The van der Waals surface area contributed by atoms with E-state index in [1.54, 1.807) is 0 Å². The standard InChI is InChI=1S/C54H42N6O/c1-53(2,3)33-21-24-42-38(29-33)39-30-34(54(4,5)6)22-25-43(39)60(42)52-57-50(32-15-9-8-10-16-32)56-51(58-52)40-31-35(55-7)23-26-44(40)59-41-19-13-11-17-36(41)48-45(59)27-28-47-49(48)37-18-12-14-20-46(37)61-47/h8-31H,1-6H3. The molecule has 4 heterocycles. The van der Waals surface area contributed by atoms with Crippen LogP contribution in [0.25, 0.3) is 105 Å². The maximum atomic E-state index is 8.15. The summed E-state index contributed by atoms with van der Waals surface area (Å²) in [5.74, 6) is 1.52. The van der Waals surface area contributed by atoms with Crippen molar-refractivity contribution in [2.75, 3.05) is 0 Å². The first kappa shape index (κ1) is 36.5. The van der Waals surface area contributed by atoms with Crippen LogP contribution in [0.2, 0.25) is 0 Å². The molecule has 0 radical (unpaired) electrons. The highest BCUT2D eigenvalue weighted by atomic mass is 16.3. The summed E-state index contributed by atoms with van der Waals surface area (Å²) >= 11 is 0. The van der Waals surface area contributed by atoms with Gasteiger partial charge in [0.25, 0.3) is 0 Å². The van der Waals surface area contributed by atoms with Crippen molar-refractivity contribution in [3.63, 3.8) is 0 Å². The summed E-state index contributed by atoms with van der Waals surface area (Å²) in [6, 6.07) is 50.3. The van der Waals surface area contributed by atoms with Gasteiger partial charge in [0, 0.05) is 43.4 Å². The highest BCUT2D eigenvalue weighted by Crippen LogP contribution is 2.44. The summed E-state index contributed by atoms with van der Waals surface area (Å²) < 4.78 is 10.8. The summed E-state index contributed by atoms with van der Waals surface area (Å²) in [6.07, 6.45) is 0. The van der Waals surface area contributed by atoms with Crippen LogP contribution in [-0.4, -0.2) is 24.1 Å². The number of fused-ring (bicyclic) bond motifs is 10. The Bertz CT molecular complexity index is 3550. The van der Waals surface area contributed by atoms with Crippen LogP contribution in [0.5, 0.6) is 0 Å². The molecule has 294 valence electrons. The zero-order valence-electron chi connectivity index (χ0n) is 34.9. The summed E-state index contributed by atoms with van der Waals surface area (Å²) in [5.41, 5.74) is 11.1. The zero-order chi connectivity index (χ0) is 41.8. The van der Waals surface area contributed by atoms with Crippen LogP contribution in [0.3, 0.4) is 0 Å². The van der Waals surface area contributed by atoms with Crippen molar-refractivity contribution in [1.29, 1.82) is 0 Å². The molecule has 0 aliphatic rings. The van der Waals surface area contributed by atoms with Crippen LogP contribution >= 0.6 is 0 Å². The quantitative estimate of drug-likeness (QED) is 0.167. The second-order valence-corrected chi connectivity index (χ2v) is 18.0. The molecule has 0 aliphatic carbocycles. The molecule has 0 spiro atoms. The molecule has 61 heavy (non-hydrogen) atoms. The molecule has 0 unspecified atom stereocenters. The van der Waals surface area contributed by atoms with Gasteiger partial charge in [0.15, 0.2) is 17.3 Å². The van der Waals surface area contributed by atoms with E-state index >= 15 is 0 Å². The number of para-hydroxylation sites is 2. The third-order valence-electron chi connectivity index (χ3n) is 12.1. The number of aromatic nitrogens is 5. The van der Waals surface area contributed by atoms with Crippen LogP contribution < -0.4 is 0 Å². The van der Waals surface area contributed by atoms with Crippen molar-refractivity contribution in [3.05, 3.63) is 168 Å². The number of furan rings is 1. The van der Waals surface area contributed by atoms with Gasteiger partial charge in [-0.3, -0.25) is 4.57 Å². The summed E-state index contributed by atoms with van der Waals surface area (Å²) in [5, 5.41) is 6.65. The Morgan fingerprint density at radius 3 is 1.79 bits per heavy atom. The molecule has 0 amide bonds. The van der Waals surface area contributed by atoms with Gasteiger partial charge in [-0.1, -0.05) is 126 Å².